The van der Waals surface area contributed by atoms with Gasteiger partial charge in [-0.05, 0) is 19.3 Å². The molecule has 5 atom stereocenters. The third kappa shape index (κ3) is 7.48. The maximum absolute atomic E-state index is 11.0. The smallest absolute Gasteiger partial charge is 0.305 e. The molecule has 0 aromatic heterocycles. The fourth-order valence-corrected chi connectivity index (χ4v) is 3.27. The Morgan fingerprint density at radius 3 is 2.56 bits per heavy atom. The van der Waals surface area contributed by atoms with Crippen molar-refractivity contribution in [1.82, 2.24) is 0 Å². The van der Waals surface area contributed by atoms with E-state index in [1.54, 1.807) is 0 Å². The van der Waals surface area contributed by atoms with E-state index in [-0.39, 0.29) is 30.4 Å². The van der Waals surface area contributed by atoms with Crippen molar-refractivity contribution in [2.45, 2.75) is 95.2 Å². The van der Waals surface area contributed by atoms with Crippen molar-refractivity contribution in [1.29, 1.82) is 0 Å². The highest BCUT2D eigenvalue weighted by molar-refractivity contribution is 5.68. The van der Waals surface area contributed by atoms with Gasteiger partial charge in [-0.25, -0.2) is 24.4 Å². The molecule has 156 valence electrons. The SMILES string of the molecule is CCC(OO)C1CC(C2C=CC(CCCCCCCC(=O)OC)OO2)OO1. The topological polar surface area (TPSA) is 92.7 Å². The van der Waals surface area contributed by atoms with Gasteiger partial charge in [0, 0.05) is 12.8 Å². The molecule has 1 N–H and O–H groups in total. The fraction of sp³-hybridized carbons (Fsp3) is 0.842. The number of hydrogen-bond acceptors (Lipinski definition) is 8. The molecule has 0 bridgehead atoms. The summed E-state index contributed by atoms with van der Waals surface area (Å²) in [5.41, 5.74) is 0. The lowest BCUT2D eigenvalue weighted by atomic mass is 10.0. The van der Waals surface area contributed by atoms with Crippen LogP contribution >= 0.6 is 0 Å². The molecule has 0 aromatic carbocycles. The summed E-state index contributed by atoms with van der Waals surface area (Å²) in [4.78, 5) is 36.9. The first kappa shape index (κ1) is 22.3. The Balaban J connectivity index is 1.57. The Hall–Kier alpha value is -1.03. The van der Waals surface area contributed by atoms with Crippen LogP contribution in [-0.2, 0) is 34.0 Å². The minimum atomic E-state index is -0.413. The molecule has 2 aliphatic rings. The molecular weight excluding hydrogens is 356 g/mol. The zero-order valence-corrected chi connectivity index (χ0v) is 16.2. The van der Waals surface area contributed by atoms with Crippen molar-refractivity contribution in [2.75, 3.05) is 7.11 Å². The first-order valence-electron chi connectivity index (χ1n) is 9.87. The molecule has 0 amide bonds. The van der Waals surface area contributed by atoms with E-state index in [1.807, 2.05) is 19.1 Å². The largest absolute Gasteiger partial charge is 0.469 e. The summed E-state index contributed by atoms with van der Waals surface area (Å²) < 4.78 is 4.62. The molecule has 1 fully saturated rings. The lowest BCUT2D eigenvalue weighted by Gasteiger charge is -2.25. The van der Waals surface area contributed by atoms with Crippen LogP contribution in [0.15, 0.2) is 12.2 Å². The molecule has 8 nitrogen and oxygen atoms in total. The second-order valence-electron chi connectivity index (χ2n) is 7.02. The van der Waals surface area contributed by atoms with Crippen LogP contribution in [0.1, 0.15) is 64.7 Å². The number of rotatable bonds is 12. The van der Waals surface area contributed by atoms with Crippen LogP contribution in [0.2, 0.25) is 0 Å². The Bertz CT molecular complexity index is 451. The Morgan fingerprint density at radius 2 is 1.89 bits per heavy atom. The van der Waals surface area contributed by atoms with E-state index >= 15 is 0 Å². The summed E-state index contributed by atoms with van der Waals surface area (Å²) in [6, 6.07) is 0. The molecule has 0 saturated carbocycles. The molecule has 1 saturated heterocycles. The van der Waals surface area contributed by atoms with Gasteiger partial charge in [0.05, 0.1) is 7.11 Å². The maximum Gasteiger partial charge on any atom is 0.305 e. The lowest BCUT2D eigenvalue weighted by molar-refractivity contribution is -0.386. The Kier molecular flexibility index (Phi) is 10.3. The highest BCUT2D eigenvalue weighted by Crippen LogP contribution is 2.28. The molecule has 2 rings (SSSR count). The third-order valence-corrected chi connectivity index (χ3v) is 4.99. The first-order chi connectivity index (χ1) is 13.2. The van der Waals surface area contributed by atoms with E-state index in [0.717, 1.165) is 38.5 Å². The van der Waals surface area contributed by atoms with Crippen molar-refractivity contribution in [2.24, 2.45) is 0 Å². The van der Waals surface area contributed by atoms with Crippen molar-refractivity contribution in [3.63, 3.8) is 0 Å². The molecule has 2 heterocycles. The average molecular weight is 388 g/mol. The molecular formula is C19H32O8. The second-order valence-corrected chi connectivity index (χ2v) is 7.02. The van der Waals surface area contributed by atoms with Gasteiger partial charge < -0.3 is 4.74 Å². The molecule has 0 spiro atoms. The fourth-order valence-electron chi connectivity index (χ4n) is 3.27. The van der Waals surface area contributed by atoms with Crippen LogP contribution in [-0.4, -0.2) is 48.9 Å². The van der Waals surface area contributed by atoms with E-state index in [9.17, 15) is 4.79 Å². The Morgan fingerprint density at radius 1 is 1.11 bits per heavy atom. The van der Waals surface area contributed by atoms with Crippen LogP contribution in [0.5, 0.6) is 0 Å². The van der Waals surface area contributed by atoms with Gasteiger partial charge in [-0.2, -0.15) is 0 Å². The monoisotopic (exact) mass is 388 g/mol. The van der Waals surface area contributed by atoms with Crippen molar-refractivity contribution in [3.8, 4) is 0 Å². The summed E-state index contributed by atoms with van der Waals surface area (Å²) >= 11 is 0. The lowest BCUT2D eigenvalue weighted by Crippen LogP contribution is -2.33. The van der Waals surface area contributed by atoms with Crippen LogP contribution in [0.4, 0.5) is 0 Å². The molecule has 0 aromatic rings. The van der Waals surface area contributed by atoms with Gasteiger partial charge in [-0.3, -0.25) is 10.1 Å². The standard InChI is InChI=1S/C19H32O8/c1-3-15(23-21)17-13-18(27-26-17)16-12-11-14(24-25-16)9-7-5-4-6-8-10-19(20)22-2/h11-12,14-18,21H,3-10,13H2,1-2H3. The number of ether oxygens (including phenoxy) is 1. The van der Waals surface area contributed by atoms with Crippen molar-refractivity contribution >= 4 is 5.97 Å². The van der Waals surface area contributed by atoms with Gasteiger partial charge in [0.2, 0.25) is 0 Å². The number of hydrogen-bond donors (Lipinski definition) is 1. The summed E-state index contributed by atoms with van der Waals surface area (Å²) in [5, 5.41) is 8.88. The second kappa shape index (κ2) is 12.4. The molecule has 5 unspecified atom stereocenters. The summed E-state index contributed by atoms with van der Waals surface area (Å²) in [7, 11) is 1.42. The van der Waals surface area contributed by atoms with E-state index < -0.39 is 6.10 Å². The highest BCUT2D eigenvalue weighted by Gasteiger charge is 2.39. The number of methoxy groups -OCH3 is 1. The minimum absolute atomic E-state index is 0.0568. The molecule has 27 heavy (non-hydrogen) atoms. The average Bonchev–Trinajstić information content (AvgIpc) is 3.18. The van der Waals surface area contributed by atoms with E-state index in [2.05, 4.69) is 9.62 Å². The van der Waals surface area contributed by atoms with E-state index in [1.165, 1.54) is 7.11 Å². The molecule has 0 radical (unpaired) electrons. The summed E-state index contributed by atoms with van der Waals surface area (Å²) in [5.74, 6) is -0.139. The predicted molar refractivity (Wildman–Crippen MR) is 95.4 cm³/mol. The van der Waals surface area contributed by atoms with Gasteiger partial charge in [0.25, 0.3) is 0 Å². The number of esters is 1. The zero-order valence-electron chi connectivity index (χ0n) is 16.2. The zero-order chi connectivity index (χ0) is 19.5. The van der Waals surface area contributed by atoms with Gasteiger partial charge in [-0.15, -0.1) is 0 Å². The third-order valence-electron chi connectivity index (χ3n) is 4.99. The van der Waals surface area contributed by atoms with Gasteiger partial charge in [-0.1, -0.05) is 44.8 Å². The molecule has 8 heteroatoms. The maximum atomic E-state index is 11.0. The van der Waals surface area contributed by atoms with Crippen LogP contribution in [0, 0.1) is 0 Å². The van der Waals surface area contributed by atoms with Gasteiger partial charge in [0.15, 0.2) is 0 Å². The molecule has 2 aliphatic heterocycles. The van der Waals surface area contributed by atoms with Gasteiger partial charge in [0.1, 0.15) is 30.5 Å². The highest BCUT2D eigenvalue weighted by atomic mass is 17.2. The van der Waals surface area contributed by atoms with Gasteiger partial charge >= 0.3 is 5.97 Å². The van der Waals surface area contributed by atoms with Crippen LogP contribution in [0.25, 0.3) is 0 Å². The van der Waals surface area contributed by atoms with Crippen molar-refractivity contribution < 1.29 is 39.2 Å². The number of carbonyl (C=O) groups is 1. The number of unbranched alkanes of at least 4 members (excludes halogenated alkanes) is 4. The normalized spacial score (nSPS) is 29.0. The van der Waals surface area contributed by atoms with E-state index in [4.69, 9.17) is 24.8 Å². The first-order valence-corrected chi connectivity index (χ1v) is 9.87. The summed E-state index contributed by atoms with van der Waals surface area (Å²) in [6.07, 6.45) is 10.3. The quantitative estimate of drug-likeness (QED) is 0.179. The number of carbonyl (C=O) groups excluding carboxylic acids is 1. The molecule has 0 aliphatic carbocycles. The van der Waals surface area contributed by atoms with E-state index in [0.29, 0.717) is 19.3 Å². The Labute approximate surface area is 160 Å². The van der Waals surface area contributed by atoms with Crippen LogP contribution < -0.4 is 0 Å². The summed E-state index contributed by atoms with van der Waals surface area (Å²) in [6.45, 7) is 1.90. The minimum Gasteiger partial charge on any atom is -0.469 e. The van der Waals surface area contributed by atoms with Crippen LogP contribution in [0.3, 0.4) is 0 Å². The predicted octanol–water partition coefficient (Wildman–Crippen LogP) is 3.50. The van der Waals surface area contributed by atoms with Crippen molar-refractivity contribution in [3.05, 3.63) is 12.2 Å².